The quantitative estimate of drug-likeness (QED) is 0.297. The Labute approximate surface area is 189 Å². The van der Waals surface area contributed by atoms with Crippen LogP contribution < -0.4 is 9.64 Å². The van der Waals surface area contributed by atoms with Gasteiger partial charge in [-0.15, -0.1) is 12.4 Å². The molecule has 0 N–H and O–H groups in total. The van der Waals surface area contributed by atoms with Gasteiger partial charge < -0.3 is 14.1 Å². The summed E-state index contributed by atoms with van der Waals surface area (Å²) in [7, 11) is 4.08. The van der Waals surface area contributed by atoms with E-state index in [2.05, 4.69) is 40.2 Å². The van der Waals surface area contributed by atoms with Crippen molar-refractivity contribution in [3.05, 3.63) is 89.9 Å². The van der Waals surface area contributed by atoms with E-state index in [0.717, 1.165) is 40.9 Å². The molecule has 5 heteroatoms. The Morgan fingerprint density at radius 2 is 1.71 bits per heavy atom. The minimum absolute atomic E-state index is 0. The van der Waals surface area contributed by atoms with Crippen LogP contribution in [0.25, 0.3) is 23.1 Å². The predicted molar refractivity (Wildman–Crippen MR) is 131 cm³/mol. The minimum Gasteiger partial charge on any atom is -0.493 e. The Bertz CT molecular complexity index is 1120. The monoisotopic (exact) mass is 434 g/mol. The molecule has 0 atom stereocenters. The molecule has 0 radical (unpaired) electrons. The summed E-state index contributed by atoms with van der Waals surface area (Å²) in [5, 5.41) is 1.07. The number of anilines is 1. The topological polar surface area (TPSA) is 38.5 Å². The molecule has 0 spiro atoms. The second-order valence-electron chi connectivity index (χ2n) is 7.48. The number of aryl methyl sites for hydroxylation is 1. The number of aromatic nitrogens is 1. The first-order chi connectivity index (χ1) is 14.7. The number of furan rings is 1. The molecule has 0 aliphatic carbocycles. The molecule has 2 aromatic heterocycles. The molecule has 0 saturated carbocycles. The highest BCUT2D eigenvalue weighted by Gasteiger charge is 2.04. The number of pyridine rings is 1. The van der Waals surface area contributed by atoms with Crippen LogP contribution in [0, 0.1) is 0 Å². The minimum atomic E-state index is 0. The van der Waals surface area contributed by atoms with Crippen LogP contribution in [-0.2, 0) is 6.42 Å². The largest absolute Gasteiger partial charge is 0.493 e. The third-order valence-electron chi connectivity index (χ3n) is 4.99. The summed E-state index contributed by atoms with van der Waals surface area (Å²) >= 11 is 0. The summed E-state index contributed by atoms with van der Waals surface area (Å²) in [6.45, 7) is 0.671. The van der Waals surface area contributed by atoms with Gasteiger partial charge >= 0.3 is 0 Å². The molecule has 4 aromatic rings. The first kappa shape index (κ1) is 22.4. The van der Waals surface area contributed by atoms with E-state index in [9.17, 15) is 0 Å². The van der Waals surface area contributed by atoms with E-state index in [0.29, 0.717) is 6.61 Å². The second kappa shape index (κ2) is 10.7. The Balaban J connectivity index is 0.00000272. The lowest BCUT2D eigenvalue weighted by molar-refractivity contribution is 0.311. The Morgan fingerprint density at radius 3 is 2.45 bits per heavy atom. The van der Waals surface area contributed by atoms with Crippen molar-refractivity contribution in [2.24, 2.45) is 0 Å². The van der Waals surface area contributed by atoms with Crippen LogP contribution in [0.1, 0.15) is 23.3 Å². The van der Waals surface area contributed by atoms with Crippen molar-refractivity contribution in [2.45, 2.75) is 12.8 Å². The molecular weight excluding hydrogens is 408 g/mol. The molecule has 0 fully saturated rings. The fourth-order valence-electron chi connectivity index (χ4n) is 3.28. The number of rotatable bonds is 8. The normalized spacial score (nSPS) is 10.9. The van der Waals surface area contributed by atoms with Crippen molar-refractivity contribution >= 4 is 41.2 Å². The Kier molecular flexibility index (Phi) is 7.74. The van der Waals surface area contributed by atoms with E-state index >= 15 is 0 Å². The molecular formula is C26H27ClN2O2. The SMILES string of the molecule is CN(C)c1ccc(/C=C/c2cc3ccc(OCCCc4ccncc4)cc3o2)cc1.Cl. The highest BCUT2D eigenvalue weighted by atomic mass is 35.5. The summed E-state index contributed by atoms with van der Waals surface area (Å²) in [6, 6.07) is 20.6. The molecule has 2 heterocycles. The van der Waals surface area contributed by atoms with E-state index in [1.54, 1.807) is 0 Å². The van der Waals surface area contributed by atoms with E-state index in [1.165, 1.54) is 11.3 Å². The zero-order valence-corrected chi connectivity index (χ0v) is 18.6. The number of halogens is 1. The van der Waals surface area contributed by atoms with Gasteiger partial charge in [0.15, 0.2) is 0 Å². The van der Waals surface area contributed by atoms with Gasteiger partial charge in [-0.05, 0) is 72.5 Å². The first-order valence-electron chi connectivity index (χ1n) is 10.2. The molecule has 0 aliphatic rings. The van der Waals surface area contributed by atoms with Crippen molar-refractivity contribution in [2.75, 3.05) is 25.6 Å². The fourth-order valence-corrected chi connectivity index (χ4v) is 3.28. The number of nitrogens with zero attached hydrogens (tertiary/aromatic N) is 2. The zero-order valence-electron chi connectivity index (χ0n) is 17.8. The van der Waals surface area contributed by atoms with Gasteiger partial charge in [0.2, 0.25) is 0 Å². The number of fused-ring (bicyclic) bond motifs is 1. The van der Waals surface area contributed by atoms with Gasteiger partial charge in [0.1, 0.15) is 17.1 Å². The maximum absolute atomic E-state index is 5.99. The Morgan fingerprint density at radius 1 is 0.935 bits per heavy atom. The zero-order chi connectivity index (χ0) is 20.8. The summed E-state index contributed by atoms with van der Waals surface area (Å²) in [6.07, 6.45) is 9.65. The molecule has 0 unspecified atom stereocenters. The molecule has 2 aromatic carbocycles. The van der Waals surface area contributed by atoms with Crippen LogP contribution in [0.3, 0.4) is 0 Å². The highest BCUT2D eigenvalue weighted by molar-refractivity contribution is 5.85. The molecule has 4 nitrogen and oxygen atoms in total. The predicted octanol–water partition coefficient (Wildman–Crippen LogP) is 6.50. The van der Waals surface area contributed by atoms with Gasteiger partial charge in [-0.2, -0.15) is 0 Å². The van der Waals surface area contributed by atoms with Gasteiger partial charge in [-0.1, -0.05) is 18.2 Å². The van der Waals surface area contributed by atoms with Crippen molar-refractivity contribution in [3.63, 3.8) is 0 Å². The van der Waals surface area contributed by atoms with Crippen LogP contribution in [0.15, 0.2) is 77.5 Å². The summed E-state index contributed by atoms with van der Waals surface area (Å²) in [4.78, 5) is 6.13. The number of hydrogen-bond donors (Lipinski definition) is 0. The number of benzene rings is 2. The van der Waals surface area contributed by atoms with Gasteiger partial charge in [-0.3, -0.25) is 4.98 Å². The molecule has 160 valence electrons. The Hall–Kier alpha value is -3.24. The van der Waals surface area contributed by atoms with Crippen molar-refractivity contribution in [1.29, 1.82) is 0 Å². The van der Waals surface area contributed by atoms with Crippen molar-refractivity contribution < 1.29 is 9.15 Å². The van der Waals surface area contributed by atoms with Crippen LogP contribution in [0.4, 0.5) is 5.69 Å². The van der Waals surface area contributed by atoms with Crippen molar-refractivity contribution in [1.82, 2.24) is 4.98 Å². The average molecular weight is 435 g/mol. The maximum atomic E-state index is 5.99. The third-order valence-corrected chi connectivity index (χ3v) is 4.99. The first-order valence-corrected chi connectivity index (χ1v) is 10.2. The van der Waals surface area contributed by atoms with E-state index in [1.807, 2.05) is 69.0 Å². The number of hydrogen-bond acceptors (Lipinski definition) is 4. The third kappa shape index (κ3) is 6.12. The second-order valence-corrected chi connectivity index (χ2v) is 7.48. The summed E-state index contributed by atoms with van der Waals surface area (Å²) in [5.74, 6) is 1.66. The van der Waals surface area contributed by atoms with Crippen molar-refractivity contribution in [3.8, 4) is 5.75 Å². The smallest absolute Gasteiger partial charge is 0.138 e. The fraction of sp³-hybridized carbons (Fsp3) is 0.192. The van der Waals surface area contributed by atoms with Crippen LogP contribution in [0.5, 0.6) is 5.75 Å². The highest BCUT2D eigenvalue weighted by Crippen LogP contribution is 2.26. The van der Waals surface area contributed by atoms with Crippen LogP contribution >= 0.6 is 12.4 Å². The molecule has 0 bridgehead atoms. The maximum Gasteiger partial charge on any atom is 0.138 e. The van der Waals surface area contributed by atoms with Crippen LogP contribution in [-0.4, -0.2) is 25.7 Å². The average Bonchev–Trinajstić information content (AvgIpc) is 3.18. The lowest BCUT2D eigenvalue weighted by Gasteiger charge is -2.11. The summed E-state index contributed by atoms with van der Waals surface area (Å²) in [5.41, 5.74) is 4.44. The number of ether oxygens (including phenoxy) is 1. The van der Waals surface area contributed by atoms with Gasteiger partial charge in [-0.25, -0.2) is 0 Å². The molecule has 0 aliphatic heterocycles. The standard InChI is InChI=1S/C26H26N2O2.ClH/c1-28(2)23-9-5-21(6-10-23)7-11-25-18-22-8-12-24(19-26(22)30-25)29-17-3-4-20-13-15-27-16-14-20;/h5-16,18-19H,3-4,17H2,1-2H3;1H/b11-7+;. The van der Waals surface area contributed by atoms with Crippen LogP contribution in [0.2, 0.25) is 0 Å². The lowest BCUT2D eigenvalue weighted by Crippen LogP contribution is -2.07. The molecule has 4 rings (SSSR count). The molecule has 31 heavy (non-hydrogen) atoms. The molecule has 0 amide bonds. The van der Waals surface area contributed by atoms with E-state index in [4.69, 9.17) is 9.15 Å². The van der Waals surface area contributed by atoms with Gasteiger partial charge in [0.25, 0.3) is 0 Å². The van der Waals surface area contributed by atoms with E-state index < -0.39 is 0 Å². The van der Waals surface area contributed by atoms with Gasteiger partial charge in [0.05, 0.1) is 6.61 Å². The van der Waals surface area contributed by atoms with E-state index in [-0.39, 0.29) is 12.4 Å². The molecule has 0 saturated heterocycles. The lowest BCUT2D eigenvalue weighted by atomic mass is 10.1. The van der Waals surface area contributed by atoms with Gasteiger partial charge in [0, 0.05) is 43.6 Å². The summed E-state index contributed by atoms with van der Waals surface area (Å²) < 4.78 is 11.9.